The largest absolute Gasteiger partial charge is 0.508 e. The third-order valence-electron chi connectivity index (χ3n) is 7.18. The lowest BCUT2D eigenvalue weighted by molar-refractivity contribution is -0.140. The molecule has 0 fully saturated rings. The molecule has 3 rings (SSSR count). The first-order valence-electron chi connectivity index (χ1n) is 16.4. The summed E-state index contributed by atoms with van der Waals surface area (Å²) in [5.74, 6) is -4.76. The highest BCUT2D eigenvalue weighted by molar-refractivity contribution is 5.84. The van der Waals surface area contributed by atoms with Crippen molar-refractivity contribution in [3.05, 3.63) is 65.9 Å². The summed E-state index contributed by atoms with van der Waals surface area (Å²) in [6, 6.07) is 10.8. The molecule has 1 aromatic heterocycles. The van der Waals surface area contributed by atoms with E-state index in [0.717, 1.165) is 28.5 Å². The Morgan fingerprint density at radius 2 is 1.30 bits per heavy atom. The number of hydrogen-bond donors (Lipinski definition) is 15. The molecule has 1 heterocycles. The molecule has 20 heteroatoms. The van der Waals surface area contributed by atoms with E-state index in [0.29, 0.717) is 25.8 Å². The highest BCUT2D eigenvalue weighted by Gasteiger charge is 2.17. The monoisotopic (exact) mass is 765 g/mol. The number of phenols is 1. The summed E-state index contributed by atoms with van der Waals surface area (Å²) in [6.45, 7) is 3.96. The van der Waals surface area contributed by atoms with Crippen molar-refractivity contribution in [1.29, 1.82) is 5.41 Å². The van der Waals surface area contributed by atoms with Gasteiger partial charge < -0.3 is 75.3 Å². The normalized spacial score (nSPS) is 12.7. The van der Waals surface area contributed by atoms with E-state index in [1.165, 1.54) is 12.1 Å². The van der Waals surface area contributed by atoms with Crippen LogP contribution >= 0.6 is 0 Å². The number of fused-ring (bicyclic) bond motifs is 1. The zero-order valence-corrected chi connectivity index (χ0v) is 30.2. The van der Waals surface area contributed by atoms with Gasteiger partial charge in [-0.05, 0) is 54.5 Å². The van der Waals surface area contributed by atoms with E-state index in [-0.39, 0.29) is 30.6 Å². The fraction of sp³-hybridized carbons (Fsp3) is 0.412. The standard InChI is InChI=1S/C11H12N2O2.C9H11NO3.C6H14N4O2.C6H13NO2.C2H5NO2/c12-9(11(14)15)5-7-6-13-10-4-2-1-3-8(7)10;10-8(9(12)13)5-6-1-3-7(11)4-2-6;7-4(5(11)12)2-1-3-10-6(8)9;1-3-4(2)5(7)6(8)9;3-1-2(4)5/h1-4,6,9,13H,5,12H2,(H,14,15);1-4,8,11H,5,10H2,(H,12,13);4H,1-3,7H2,(H,11,12)(H4,8,9,10);4-5H,3,7H2,1-2H3,(H,8,9);1,3H2,(H,4,5). The highest BCUT2D eigenvalue weighted by Crippen LogP contribution is 2.18. The molecule has 0 radical (unpaired) electrons. The van der Waals surface area contributed by atoms with E-state index < -0.39 is 54.0 Å². The van der Waals surface area contributed by atoms with Crippen LogP contribution in [0.25, 0.3) is 10.9 Å². The Labute approximate surface area is 312 Å². The van der Waals surface area contributed by atoms with Crippen LogP contribution in [-0.2, 0) is 36.8 Å². The van der Waals surface area contributed by atoms with Gasteiger partial charge in [0.2, 0.25) is 0 Å². The predicted molar refractivity (Wildman–Crippen MR) is 202 cm³/mol. The fourth-order valence-electron chi connectivity index (χ4n) is 3.76. The van der Waals surface area contributed by atoms with Crippen LogP contribution in [0.2, 0.25) is 0 Å². The summed E-state index contributed by atoms with van der Waals surface area (Å²) in [6.07, 6.45) is 4.22. The van der Waals surface area contributed by atoms with Gasteiger partial charge in [0.05, 0.1) is 6.54 Å². The van der Waals surface area contributed by atoms with Crippen LogP contribution in [0.15, 0.2) is 54.7 Å². The van der Waals surface area contributed by atoms with Gasteiger partial charge in [0.15, 0.2) is 5.96 Å². The molecule has 0 amide bonds. The van der Waals surface area contributed by atoms with Gasteiger partial charge in [0.25, 0.3) is 0 Å². The Hall–Kier alpha value is -5.80. The minimum atomic E-state index is -1.02. The number of carboxylic acids is 5. The summed E-state index contributed by atoms with van der Waals surface area (Å²) < 4.78 is 0. The molecule has 5 atom stereocenters. The maximum Gasteiger partial charge on any atom is 0.320 e. The minimum Gasteiger partial charge on any atom is -0.508 e. The van der Waals surface area contributed by atoms with Crippen molar-refractivity contribution >= 4 is 46.7 Å². The van der Waals surface area contributed by atoms with Crippen LogP contribution in [0, 0.1) is 11.3 Å². The number of nitrogens with one attached hydrogen (secondary N) is 3. The Morgan fingerprint density at radius 3 is 1.72 bits per heavy atom. The maximum absolute atomic E-state index is 10.6. The minimum absolute atomic E-state index is 0.0718. The number of carbonyl (C=O) groups is 5. The highest BCUT2D eigenvalue weighted by atomic mass is 16.4. The van der Waals surface area contributed by atoms with Gasteiger partial charge in [-0.15, -0.1) is 0 Å². The molecular formula is C34H55N9O11. The number of carboxylic acid groups (broad SMARTS) is 5. The molecule has 0 saturated carbocycles. The number of para-hydroxylation sites is 1. The number of aromatic nitrogens is 1. The van der Waals surface area contributed by atoms with Crippen molar-refractivity contribution in [2.24, 2.45) is 40.3 Å². The first-order chi connectivity index (χ1) is 25.2. The average Bonchev–Trinajstić information content (AvgIpc) is 3.53. The molecule has 3 aromatic rings. The lowest BCUT2D eigenvalue weighted by atomic mass is 10.0. The van der Waals surface area contributed by atoms with Crippen LogP contribution in [0.3, 0.4) is 0 Å². The molecule has 0 saturated heterocycles. The second kappa shape index (κ2) is 27.8. The Bertz CT molecular complexity index is 1590. The third-order valence-corrected chi connectivity index (χ3v) is 7.18. The van der Waals surface area contributed by atoms with E-state index in [4.69, 9.17) is 64.7 Å². The Morgan fingerprint density at radius 1 is 0.796 bits per heavy atom. The van der Waals surface area contributed by atoms with Gasteiger partial charge >= 0.3 is 29.8 Å². The van der Waals surface area contributed by atoms with Crippen molar-refractivity contribution in [2.75, 3.05) is 13.1 Å². The average molecular weight is 766 g/mol. The summed E-state index contributed by atoms with van der Waals surface area (Å²) >= 11 is 0. The first kappa shape index (κ1) is 50.3. The molecule has 0 bridgehead atoms. The van der Waals surface area contributed by atoms with Gasteiger partial charge in [-0.3, -0.25) is 29.4 Å². The number of aliphatic carboxylic acids is 5. The predicted octanol–water partition coefficient (Wildman–Crippen LogP) is -0.395. The number of aromatic hydroxyl groups is 1. The van der Waals surface area contributed by atoms with E-state index in [1.54, 1.807) is 12.1 Å². The van der Waals surface area contributed by atoms with Crippen molar-refractivity contribution in [3.8, 4) is 5.75 Å². The van der Waals surface area contributed by atoms with E-state index in [9.17, 15) is 24.0 Å². The second-order valence-electron chi connectivity index (χ2n) is 11.6. The maximum atomic E-state index is 10.6. The first-order valence-corrected chi connectivity index (χ1v) is 16.4. The molecule has 54 heavy (non-hydrogen) atoms. The molecule has 20 nitrogen and oxygen atoms in total. The van der Waals surface area contributed by atoms with Gasteiger partial charge in [-0.25, -0.2) is 0 Å². The number of H-pyrrole nitrogens is 1. The fourth-order valence-corrected chi connectivity index (χ4v) is 3.76. The van der Waals surface area contributed by atoms with E-state index in [2.05, 4.69) is 16.0 Å². The smallest absolute Gasteiger partial charge is 0.320 e. The number of benzene rings is 2. The van der Waals surface area contributed by atoms with Crippen LogP contribution in [0.5, 0.6) is 5.75 Å². The van der Waals surface area contributed by atoms with Gasteiger partial charge in [0.1, 0.15) is 29.9 Å². The van der Waals surface area contributed by atoms with Crippen molar-refractivity contribution in [3.63, 3.8) is 0 Å². The van der Waals surface area contributed by atoms with Crippen LogP contribution in [0.1, 0.15) is 44.2 Å². The molecular weight excluding hydrogens is 710 g/mol. The summed E-state index contributed by atoms with van der Waals surface area (Å²) in [7, 11) is 0. The van der Waals surface area contributed by atoms with Crippen LogP contribution in [-0.4, -0.2) is 109 Å². The topological polar surface area (TPSA) is 415 Å². The molecule has 0 spiro atoms. The van der Waals surface area contributed by atoms with E-state index >= 15 is 0 Å². The van der Waals surface area contributed by atoms with Crippen LogP contribution in [0.4, 0.5) is 0 Å². The second-order valence-corrected chi connectivity index (χ2v) is 11.6. The molecule has 2 aromatic carbocycles. The number of nitrogens with two attached hydrogens (primary N) is 6. The zero-order valence-electron chi connectivity index (χ0n) is 30.2. The molecule has 0 aliphatic rings. The van der Waals surface area contributed by atoms with Crippen molar-refractivity contribution < 1.29 is 54.6 Å². The Balaban J connectivity index is 0. The summed E-state index contributed by atoms with van der Waals surface area (Å²) in [4.78, 5) is 53.7. The van der Waals surface area contributed by atoms with Gasteiger partial charge in [0, 0.05) is 30.1 Å². The molecule has 0 aliphatic carbocycles. The summed E-state index contributed by atoms with van der Waals surface area (Å²) in [5, 5.41) is 60.9. The molecule has 5 unspecified atom stereocenters. The van der Waals surface area contributed by atoms with E-state index in [1.807, 2.05) is 44.3 Å². The zero-order chi connectivity index (χ0) is 42.0. The number of aromatic amines is 1. The van der Waals surface area contributed by atoms with Gasteiger partial charge in [-0.2, -0.15) is 0 Å². The molecule has 302 valence electrons. The molecule has 21 N–H and O–H groups in total. The Kier molecular flexibility index (Phi) is 25.9. The number of hydrogen-bond acceptors (Lipinski definition) is 12. The van der Waals surface area contributed by atoms with Crippen LogP contribution < -0.4 is 39.7 Å². The number of guanidine groups is 1. The molecule has 0 aliphatic heterocycles. The van der Waals surface area contributed by atoms with Crippen molar-refractivity contribution in [2.45, 2.75) is 70.1 Å². The lowest BCUT2D eigenvalue weighted by Crippen LogP contribution is -2.36. The van der Waals surface area contributed by atoms with Gasteiger partial charge in [-0.1, -0.05) is 50.6 Å². The number of phenolic OH excluding ortho intramolecular Hbond substituents is 1. The SMILES string of the molecule is CCC(C)C(N)C(=O)O.N=C(N)NCCCC(N)C(=O)O.NC(Cc1c[nH]c2ccccc12)C(=O)O.NC(Cc1ccc(O)cc1)C(=O)O.NCC(=O)O. The summed E-state index contributed by atoms with van der Waals surface area (Å²) in [5.41, 5.74) is 33.6. The quantitative estimate of drug-likeness (QED) is 0.0531. The third kappa shape index (κ3) is 23.6. The lowest BCUT2D eigenvalue weighted by Gasteiger charge is -2.11. The van der Waals surface area contributed by atoms with Crippen molar-refractivity contribution in [1.82, 2.24) is 10.3 Å². The number of rotatable bonds is 15.